The SMILES string of the molecule is Cc1cc(N=c2nc(Sc3cccc(N)c3)cc3n2CCN3)n[nH]1. The number of rotatable bonds is 3. The summed E-state index contributed by atoms with van der Waals surface area (Å²) < 4.78 is 2.06. The van der Waals surface area contributed by atoms with Crippen LogP contribution >= 0.6 is 11.8 Å². The first-order valence-electron chi connectivity index (χ1n) is 7.63. The van der Waals surface area contributed by atoms with Gasteiger partial charge in [0.05, 0.1) is 0 Å². The number of hydrogen-bond acceptors (Lipinski definition) is 6. The van der Waals surface area contributed by atoms with Gasteiger partial charge in [-0.1, -0.05) is 17.8 Å². The van der Waals surface area contributed by atoms with Gasteiger partial charge in [0.25, 0.3) is 0 Å². The molecule has 0 bridgehead atoms. The van der Waals surface area contributed by atoms with Crippen molar-refractivity contribution in [2.45, 2.75) is 23.4 Å². The van der Waals surface area contributed by atoms with Crippen LogP contribution in [0.2, 0.25) is 0 Å². The summed E-state index contributed by atoms with van der Waals surface area (Å²) in [6.07, 6.45) is 0. The van der Waals surface area contributed by atoms with E-state index in [1.165, 1.54) is 0 Å². The van der Waals surface area contributed by atoms with Crippen LogP contribution in [0.3, 0.4) is 0 Å². The summed E-state index contributed by atoms with van der Waals surface area (Å²) >= 11 is 1.57. The molecule has 1 aliphatic rings. The summed E-state index contributed by atoms with van der Waals surface area (Å²) in [5.74, 6) is 1.65. The molecule has 3 heterocycles. The molecule has 2 aromatic heterocycles. The van der Waals surface area contributed by atoms with E-state index in [1.54, 1.807) is 11.8 Å². The number of aromatic amines is 1. The molecule has 0 saturated heterocycles. The highest BCUT2D eigenvalue weighted by Gasteiger charge is 2.13. The summed E-state index contributed by atoms with van der Waals surface area (Å²) in [6, 6.07) is 11.7. The molecule has 8 heteroatoms. The molecule has 4 N–H and O–H groups in total. The number of H-pyrrole nitrogens is 1. The quantitative estimate of drug-likeness (QED) is 0.502. The molecule has 0 unspecified atom stereocenters. The Balaban J connectivity index is 1.77. The van der Waals surface area contributed by atoms with Crippen LogP contribution in [0.25, 0.3) is 0 Å². The largest absolute Gasteiger partial charge is 0.399 e. The second-order valence-electron chi connectivity index (χ2n) is 5.55. The van der Waals surface area contributed by atoms with Gasteiger partial charge in [0.1, 0.15) is 10.8 Å². The lowest BCUT2D eigenvalue weighted by atomic mass is 10.3. The van der Waals surface area contributed by atoms with Crippen LogP contribution in [0, 0.1) is 6.92 Å². The van der Waals surface area contributed by atoms with Gasteiger partial charge < -0.3 is 11.1 Å². The van der Waals surface area contributed by atoms with Crippen molar-refractivity contribution < 1.29 is 0 Å². The highest BCUT2D eigenvalue weighted by atomic mass is 32.2. The van der Waals surface area contributed by atoms with Gasteiger partial charge in [-0.05, 0) is 25.1 Å². The van der Waals surface area contributed by atoms with Gasteiger partial charge in [0.15, 0.2) is 5.82 Å². The van der Waals surface area contributed by atoms with Crippen LogP contribution in [-0.2, 0) is 6.54 Å². The third kappa shape index (κ3) is 3.00. The van der Waals surface area contributed by atoms with Crippen LogP contribution in [-0.4, -0.2) is 26.3 Å². The van der Waals surface area contributed by atoms with E-state index in [2.05, 4.69) is 25.1 Å². The second kappa shape index (κ2) is 6.04. The van der Waals surface area contributed by atoms with Crippen LogP contribution in [0.15, 0.2) is 51.3 Å². The number of benzene rings is 1. The lowest BCUT2D eigenvalue weighted by Gasteiger charge is -2.07. The zero-order chi connectivity index (χ0) is 16.5. The zero-order valence-corrected chi connectivity index (χ0v) is 14.0. The molecule has 3 aromatic rings. The summed E-state index contributed by atoms with van der Waals surface area (Å²) in [5, 5.41) is 11.3. The van der Waals surface area contributed by atoms with Gasteiger partial charge in [0.2, 0.25) is 5.62 Å². The average Bonchev–Trinajstić information content (AvgIpc) is 3.16. The molecule has 0 fully saturated rings. The van der Waals surface area contributed by atoms with Crippen molar-refractivity contribution in [3.63, 3.8) is 0 Å². The Labute approximate surface area is 143 Å². The van der Waals surface area contributed by atoms with Gasteiger partial charge in [-0.3, -0.25) is 9.67 Å². The summed E-state index contributed by atoms with van der Waals surface area (Å²) in [5.41, 5.74) is 8.22. The number of fused-ring (bicyclic) bond motifs is 1. The lowest BCUT2D eigenvalue weighted by Crippen LogP contribution is -2.22. The third-order valence-corrected chi connectivity index (χ3v) is 4.54. The maximum Gasteiger partial charge on any atom is 0.234 e. The van der Waals surface area contributed by atoms with E-state index in [-0.39, 0.29) is 0 Å². The van der Waals surface area contributed by atoms with E-state index in [0.29, 0.717) is 11.4 Å². The predicted octanol–water partition coefficient (Wildman–Crippen LogP) is 2.31. The predicted molar refractivity (Wildman–Crippen MR) is 94.2 cm³/mol. The second-order valence-corrected chi connectivity index (χ2v) is 6.65. The van der Waals surface area contributed by atoms with Crippen molar-refractivity contribution in [3.05, 3.63) is 47.7 Å². The average molecular weight is 339 g/mol. The Bertz CT molecular complexity index is 957. The normalized spacial score (nSPS) is 13.8. The Hall–Kier alpha value is -2.74. The first kappa shape index (κ1) is 14.8. The Kier molecular flexibility index (Phi) is 3.73. The summed E-state index contributed by atoms with van der Waals surface area (Å²) in [6.45, 7) is 3.66. The van der Waals surface area contributed by atoms with Gasteiger partial charge in [-0.15, -0.1) is 0 Å². The number of nitrogen functional groups attached to an aromatic ring is 1. The summed E-state index contributed by atoms with van der Waals surface area (Å²) in [7, 11) is 0. The van der Waals surface area contributed by atoms with Crippen molar-refractivity contribution in [1.29, 1.82) is 0 Å². The zero-order valence-electron chi connectivity index (χ0n) is 13.2. The van der Waals surface area contributed by atoms with Crippen molar-refractivity contribution in [2.75, 3.05) is 17.6 Å². The van der Waals surface area contributed by atoms with Crippen molar-refractivity contribution in [3.8, 4) is 0 Å². The molecule has 0 spiro atoms. The first-order valence-corrected chi connectivity index (χ1v) is 8.45. The Morgan fingerprint density at radius 1 is 1.29 bits per heavy atom. The minimum Gasteiger partial charge on any atom is -0.399 e. The molecule has 122 valence electrons. The molecule has 1 aliphatic heterocycles. The maximum absolute atomic E-state index is 5.86. The number of hydrogen-bond donors (Lipinski definition) is 3. The maximum atomic E-state index is 5.86. The number of anilines is 2. The monoisotopic (exact) mass is 339 g/mol. The van der Waals surface area contributed by atoms with Gasteiger partial charge in [0, 0.05) is 41.5 Å². The van der Waals surface area contributed by atoms with Crippen LogP contribution in [0.1, 0.15) is 5.69 Å². The van der Waals surface area contributed by atoms with E-state index >= 15 is 0 Å². The van der Waals surface area contributed by atoms with Crippen molar-refractivity contribution >= 4 is 29.1 Å². The van der Waals surface area contributed by atoms with E-state index in [4.69, 9.17) is 10.7 Å². The molecule has 1 aromatic carbocycles. The van der Waals surface area contributed by atoms with E-state index in [9.17, 15) is 0 Å². The highest BCUT2D eigenvalue weighted by Crippen LogP contribution is 2.28. The van der Waals surface area contributed by atoms with Crippen LogP contribution < -0.4 is 16.7 Å². The number of nitrogens with zero attached hydrogens (tertiary/aromatic N) is 4. The highest BCUT2D eigenvalue weighted by molar-refractivity contribution is 7.99. The molecule has 0 atom stereocenters. The van der Waals surface area contributed by atoms with Crippen molar-refractivity contribution in [1.82, 2.24) is 19.7 Å². The number of aryl methyl sites for hydroxylation is 1. The fourth-order valence-corrected chi connectivity index (χ4v) is 3.44. The fraction of sp³-hybridized carbons (Fsp3) is 0.188. The first-order chi connectivity index (χ1) is 11.7. The number of nitrogens with one attached hydrogen (secondary N) is 2. The topological polar surface area (TPSA) is 96.9 Å². The molecule has 0 amide bonds. The molecule has 0 saturated carbocycles. The van der Waals surface area contributed by atoms with E-state index < -0.39 is 0 Å². The number of aromatic nitrogens is 4. The lowest BCUT2D eigenvalue weighted by molar-refractivity contribution is 0.706. The molecule has 24 heavy (non-hydrogen) atoms. The van der Waals surface area contributed by atoms with Gasteiger partial charge >= 0.3 is 0 Å². The van der Waals surface area contributed by atoms with E-state index in [1.807, 2.05) is 43.3 Å². The molecule has 4 rings (SSSR count). The minimum atomic E-state index is 0.632. The van der Waals surface area contributed by atoms with Gasteiger partial charge in [-0.25, -0.2) is 4.98 Å². The molecule has 7 nitrogen and oxygen atoms in total. The van der Waals surface area contributed by atoms with E-state index in [0.717, 1.165) is 40.2 Å². The molecular formula is C16H17N7S. The molecule has 0 aliphatic carbocycles. The van der Waals surface area contributed by atoms with Crippen LogP contribution in [0.4, 0.5) is 17.3 Å². The molecule has 0 radical (unpaired) electrons. The Morgan fingerprint density at radius 3 is 3.00 bits per heavy atom. The smallest absolute Gasteiger partial charge is 0.234 e. The van der Waals surface area contributed by atoms with Crippen molar-refractivity contribution in [2.24, 2.45) is 4.99 Å². The van der Waals surface area contributed by atoms with Crippen LogP contribution in [0.5, 0.6) is 0 Å². The fourth-order valence-electron chi connectivity index (χ4n) is 2.56. The number of nitrogens with two attached hydrogens (primary N) is 1. The van der Waals surface area contributed by atoms with Gasteiger partial charge in [-0.2, -0.15) is 10.1 Å². The Morgan fingerprint density at radius 2 is 2.21 bits per heavy atom. The minimum absolute atomic E-state index is 0.632. The third-order valence-electron chi connectivity index (χ3n) is 3.63. The summed E-state index contributed by atoms with van der Waals surface area (Å²) in [4.78, 5) is 10.3. The standard InChI is InChI=1S/C16H17N7S/c1-10-7-13(22-21-10)19-16-20-15(9-14-18-5-6-23(14)16)24-12-4-2-3-11(17)8-12/h2-4,7-9,18H,5-6,17H2,1H3,(H,21,22). The molecular weight excluding hydrogens is 322 g/mol.